The third kappa shape index (κ3) is 11.4. The molecule has 92 valence electrons. The molecule has 0 saturated heterocycles. The van der Waals surface area contributed by atoms with Gasteiger partial charge in [0.25, 0.3) is 0 Å². The fourth-order valence-electron chi connectivity index (χ4n) is 1.26. The first kappa shape index (κ1) is 15.3. The first-order chi connectivity index (χ1) is 7.81. The first-order valence-corrected chi connectivity index (χ1v) is 7.10. The van der Waals surface area contributed by atoms with Gasteiger partial charge in [-0.25, -0.2) is 0 Å². The molecule has 0 aliphatic carbocycles. The Hall–Kier alpha value is -0.660. The lowest BCUT2D eigenvalue weighted by molar-refractivity contribution is -0.120. The molecule has 0 atom stereocenters. The minimum absolute atomic E-state index is 0.0272. The van der Waals surface area contributed by atoms with Gasteiger partial charge < -0.3 is 5.32 Å². The Morgan fingerprint density at radius 1 is 1.31 bits per heavy atom. The molecule has 3 nitrogen and oxygen atoms in total. The molecule has 0 rings (SSSR count). The fraction of sp³-hybridized carbons (Fsp3) is 0.750. The van der Waals surface area contributed by atoms with E-state index in [0.29, 0.717) is 13.1 Å². The highest BCUT2D eigenvalue weighted by molar-refractivity contribution is 7.98. The summed E-state index contributed by atoms with van der Waals surface area (Å²) in [5.74, 6) is 3.69. The molecular formula is C12H22N2OS. The summed E-state index contributed by atoms with van der Waals surface area (Å²) in [6.45, 7) is 1.54. The molecule has 0 spiro atoms. The molecule has 2 N–H and O–H groups in total. The van der Waals surface area contributed by atoms with Gasteiger partial charge in [0.15, 0.2) is 0 Å². The van der Waals surface area contributed by atoms with Gasteiger partial charge in [0.2, 0.25) is 5.91 Å². The Kier molecular flexibility index (Phi) is 11.9. The van der Waals surface area contributed by atoms with Crippen LogP contribution >= 0.6 is 11.8 Å². The SMILES string of the molecule is C#CCNCC(=O)NCCCCCCSC. The zero-order valence-electron chi connectivity index (χ0n) is 10.1. The van der Waals surface area contributed by atoms with Crippen LogP contribution in [-0.2, 0) is 4.79 Å². The molecule has 0 unspecified atom stereocenters. The second-order valence-corrected chi connectivity index (χ2v) is 4.55. The standard InChI is InChI=1S/C12H22N2OS/c1-3-8-13-11-12(15)14-9-6-4-5-7-10-16-2/h1,13H,4-11H2,2H3,(H,14,15). The maximum absolute atomic E-state index is 11.2. The number of hydrogen-bond acceptors (Lipinski definition) is 3. The van der Waals surface area contributed by atoms with Gasteiger partial charge in [-0.3, -0.25) is 10.1 Å². The van der Waals surface area contributed by atoms with Gasteiger partial charge in [0, 0.05) is 6.54 Å². The summed E-state index contributed by atoms with van der Waals surface area (Å²) < 4.78 is 0. The normalized spacial score (nSPS) is 9.75. The molecular weight excluding hydrogens is 220 g/mol. The number of hydrogen-bond donors (Lipinski definition) is 2. The van der Waals surface area contributed by atoms with Crippen molar-refractivity contribution >= 4 is 17.7 Å². The summed E-state index contributed by atoms with van der Waals surface area (Å²) in [6, 6.07) is 0. The maximum atomic E-state index is 11.2. The molecule has 0 bridgehead atoms. The fourth-order valence-corrected chi connectivity index (χ4v) is 1.76. The Morgan fingerprint density at radius 3 is 2.75 bits per heavy atom. The topological polar surface area (TPSA) is 41.1 Å². The van der Waals surface area contributed by atoms with Crippen LogP contribution in [0.25, 0.3) is 0 Å². The summed E-state index contributed by atoms with van der Waals surface area (Å²) in [7, 11) is 0. The number of nitrogens with one attached hydrogen (secondary N) is 2. The Balaban J connectivity index is 3.12. The van der Waals surface area contributed by atoms with E-state index in [0.717, 1.165) is 13.0 Å². The lowest BCUT2D eigenvalue weighted by Gasteiger charge is -2.05. The average molecular weight is 242 g/mol. The van der Waals surface area contributed by atoms with Gasteiger partial charge in [-0.2, -0.15) is 11.8 Å². The Labute approximate surface area is 103 Å². The van der Waals surface area contributed by atoms with Gasteiger partial charge in [-0.05, 0) is 24.9 Å². The van der Waals surface area contributed by atoms with Crippen LogP contribution in [-0.4, -0.2) is 37.6 Å². The van der Waals surface area contributed by atoms with Crippen LogP contribution < -0.4 is 10.6 Å². The number of thioether (sulfide) groups is 1. The molecule has 0 aliphatic heterocycles. The predicted molar refractivity (Wildman–Crippen MR) is 71.6 cm³/mol. The lowest BCUT2D eigenvalue weighted by atomic mass is 10.2. The minimum Gasteiger partial charge on any atom is -0.355 e. The Morgan fingerprint density at radius 2 is 2.06 bits per heavy atom. The number of amides is 1. The third-order valence-electron chi connectivity index (χ3n) is 2.11. The van der Waals surface area contributed by atoms with Crippen molar-refractivity contribution in [2.24, 2.45) is 0 Å². The van der Waals surface area contributed by atoms with Gasteiger partial charge in [-0.15, -0.1) is 6.42 Å². The number of terminal acetylenes is 1. The van der Waals surface area contributed by atoms with Crippen molar-refractivity contribution in [1.82, 2.24) is 10.6 Å². The van der Waals surface area contributed by atoms with E-state index in [4.69, 9.17) is 6.42 Å². The molecule has 0 radical (unpaired) electrons. The van der Waals surface area contributed by atoms with E-state index in [1.807, 2.05) is 11.8 Å². The summed E-state index contributed by atoms with van der Waals surface area (Å²) in [5, 5.41) is 5.71. The third-order valence-corrected chi connectivity index (χ3v) is 2.81. The van der Waals surface area contributed by atoms with Crippen molar-refractivity contribution in [1.29, 1.82) is 0 Å². The van der Waals surface area contributed by atoms with Gasteiger partial charge in [0.1, 0.15) is 0 Å². The van der Waals surface area contributed by atoms with E-state index in [1.165, 1.54) is 25.0 Å². The molecule has 4 heteroatoms. The van der Waals surface area contributed by atoms with Crippen LogP contribution in [0.1, 0.15) is 25.7 Å². The van der Waals surface area contributed by atoms with Gasteiger partial charge in [-0.1, -0.05) is 18.8 Å². The zero-order chi connectivity index (χ0) is 12.1. The summed E-state index contributed by atoms with van der Waals surface area (Å²) in [5.41, 5.74) is 0. The van der Waals surface area contributed by atoms with Gasteiger partial charge in [0.05, 0.1) is 13.1 Å². The van der Waals surface area contributed by atoms with E-state index < -0.39 is 0 Å². The van der Waals surface area contributed by atoms with Gasteiger partial charge >= 0.3 is 0 Å². The smallest absolute Gasteiger partial charge is 0.233 e. The molecule has 0 aromatic carbocycles. The second kappa shape index (κ2) is 12.4. The van der Waals surface area contributed by atoms with Crippen molar-refractivity contribution in [2.75, 3.05) is 31.6 Å². The molecule has 1 amide bonds. The summed E-state index contributed by atoms with van der Waals surface area (Å²) in [6.07, 6.45) is 12.0. The van der Waals surface area contributed by atoms with Crippen molar-refractivity contribution in [3.05, 3.63) is 0 Å². The molecule has 0 aromatic rings. The number of carbonyl (C=O) groups is 1. The Bertz CT molecular complexity index is 214. The lowest BCUT2D eigenvalue weighted by Crippen LogP contribution is -2.34. The molecule has 0 fully saturated rings. The molecule has 0 saturated carbocycles. The zero-order valence-corrected chi connectivity index (χ0v) is 10.9. The molecule has 0 aromatic heterocycles. The first-order valence-electron chi connectivity index (χ1n) is 5.71. The van der Waals surface area contributed by atoms with Crippen molar-refractivity contribution in [3.63, 3.8) is 0 Å². The van der Waals surface area contributed by atoms with E-state index in [1.54, 1.807) is 0 Å². The van der Waals surface area contributed by atoms with Crippen LogP contribution in [0, 0.1) is 12.3 Å². The summed E-state index contributed by atoms with van der Waals surface area (Å²) in [4.78, 5) is 11.2. The van der Waals surface area contributed by atoms with Crippen LogP contribution in [0.4, 0.5) is 0 Å². The van der Waals surface area contributed by atoms with Crippen LogP contribution in [0.15, 0.2) is 0 Å². The largest absolute Gasteiger partial charge is 0.355 e. The van der Waals surface area contributed by atoms with E-state index in [-0.39, 0.29) is 5.91 Å². The second-order valence-electron chi connectivity index (χ2n) is 3.56. The van der Waals surface area contributed by atoms with E-state index in [2.05, 4.69) is 22.8 Å². The molecule has 0 heterocycles. The van der Waals surface area contributed by atoms with Crippen molar-refractivity contribution in [3.8, 4) is 12.3 Å². The maximum Gasteiger partial charge on any atom is 0.233 e. The van der Waals surface area contributed by atoms with Crippen molar-refractivity contribution in [2.45, 2.75) is 25.7 Å². The average Bonchev–Trinajstić information content (AvgIpc) is 2.28. The minimum atomic E-state index is 0.0272. The predicted octanol–water partition coefficient (Wildman–Crippen LogP) is 1.25. The highest BCUT2D eigenvalue weighted by atomic mass is 32.2. The number of rotatable bonds is 10. The monoisotopic (exact) mass is 242 g/mol. The summed E-state index contributed by atoms with van der Waals surface area (Å²) >= 11 is 1.89. The van der Waals surface area contributed by atoms with E-state index in [9.17, 15) is 4.79 Å². The van der Waals surface area contributed by atoms with Crippen LogP contribution in [0.3, 0.4) is 0 Å². The highest BCUT2D eigenvalue weighted by Gasteiger charge is 1.98. The quantitative estimate of drug-likeness (QED) is 0.447. The highest BCUT2D eigenvalue weighted by Crippen LogP contribution is 2.03. The molecule has 16 heavy (non-hydrogen) atoms. The van der Waals surface area contributed by atoms with Crippen LogP contribution in [0.2, 0.25) is 0 Å². The van der Waals surface area contributed by atoms with Crippen molar-refractivity contribution < 1.29 is 4.79 Å². The van der Waals surface area contributed by atoms with Crippen LogP contribution in [0.5, 0.6) is 0 Å². The molecule has 0 aliphatic rings. The number of carbonyl (C=O) groups excluding carboxylic acids is 1. The number of unbranched alkanes of at least 4 members (excludes halogenated alkanes) is 3. The van der Waals surface area contributed by atoms with E-state index >= 15 is 0 Å².